The molecule has 6 nitrogen and oxygen atoms in total. The fourth-order valence-electron chi connectivity index (χ4n) is 1.97. The van der Waals surface area contributed by atoms with E-state index in [1.54, 1.807) is 38.1 Å². The van der Waals surface area contributed by atoms with Gasteiger partial charge in [0.25, 0.3) is 0 Å². The lowest BCUT2D eigenvalue weighted by Crippen LogP contribution is -2.38. The van der Waals surface area contributed by atoms with E-state index in [-0.39, 0.29) is 6.61 Å². The Kier molecular flexibility index (Phi) is 7.39. The van der Waals surface area contributed by atoms with E-state index in [0.717, 1.165) is 0 Å². The predicted molar refractivity (Wildman–Crippen MR) is 82.9 cm³/mol. The first-order chi connectivity index (χ1) is 10.5. The number of methoxy groups -OCH3 is 1. The summed E-state index contributed by atoms with van der Waals surface area (Å²) in [5.41, 5.74) is 0.558. The monoisotopic (exact) mass is 309 g/mol. The van der Waals surface area contributed by atoms with Crippen molar-refractivity contribution < 1.29 is 24.2 Å². The van der Waals surface area contributed by atoms with E-state index in [1.165, 1.54) is 12.0 Å². The van der Waals surface area contributed by atoms with Crippen LogP contribution in [0.3, 0.4) is 0 Å². The van der Waals surface area contributed by atoms with Crippen LogP contribution < -0.4 is 9.64 Å². The number of aliphatic hydroxyl groups excluding tert-OH is 1. The number of anilines is 1. The van der Waals surface area contributed by atoms with Gasteiger partial charge in [0.2, 0.25) is 0 Å². The highest BCUT2D eigenvalue weighted by molar-refractivity contribution is 6.38. The highest BCUT2D eigenvalue weighted by Gasteiger charge is 2.24. The first-order valence-corrected chi connectivity index (χ1v) is 7.30. The second kappa shape index (κ2) is 9.04. The van der Waals surface area contributed by atoms with Crippen molar-refractivity contribution in [3.63, 3.8) is 0 Å². The third kappa shape index (κ3) is 5.37. The number of nitrogens with zero attached hydrogens (tertiary/aromatic N) is 1. The molecule has 1 aromatic rings. The normalized spacial score (nSPS) is 11.6. The van der Waals surface area contributed by atoms with Crippen LogP contribution in [0.25, 0.3) is 0 Å². The molecule has 1 amide bonds. The van der Waals surface area contributed by atoms with Gasteiger partial charge < -0.3 is 19.5 Å². The summed E-state index contributed by atoms with van der Waals surface area (Å²) in [6.07, 6.45) is 0.654. The Hall–Kier alpha value is -2.08. The Morgan fingerprint density at radius 2 is 2.09 bits per heavy atom. The van der Waals surface area contributed by atoms with E-state index in [1.807, 2.05) is 0 Å². The summed E-state index contributed by atoms with van der Waals surface area (Å²) in [6.45, 7) is 3.79. The van der Waals surface area contributed by atoms with Crippen molar-refractivity contribution in [1.29, 1.82) is 0 Å². The maximum absolute atomic E-state index is 12.3. The van der Waals surface area contributed by atoms with Crippen molar-refractivity contribution in [3.8, 4) is 5.75 Å². The van der Waals surface area contributed by atoms with Crippen LogP contribution in [0, 0.1) is 0 Å². The number of hydrogen-bond donors (Lipinski definition) is 1. The molecule has 0 aliphatic carbocycles. The van der Waals surface area contributed by atoms with Crippen molar-refractivity contribution in [1.82, 2.24) is 0 Å². The molecule has 1 atom stereocenters. The van der Waals surface area contributed by atoms with Crippen LogP contribution in [0.4, 0.5) is 5.69 Å². The molecule has 0 spiro atoms. The summed E-state index contributed by atoms with van der Waals surface area (Å²) in [5.74, 6) is -1.02. The van der Waals surface area contributed by atoms with Crippen molar-refractivity contribution in [2.45, 2.75) is 32.8 Å². The topological polar surface area (TPSA) is 76.1 Å². The average molecular weight is 309 g/mol. The molecule has 0 saturated heterocycles. The second-order valence-corrected chi connectivity index (χ2v) is 4.87. The van der Waals surface area contributed by atoms with Gasteiger partial charge in [-0.2, -0.15) is 0 Å². The Morgan fingerprint density at radius 1 is 1.36 bits per heavy atom. The van der Waals surface area contributed by atoms with Crippen molar-refractivity contribution in [2.24, 2.45) is 0 Å². The number of carbonyl (C=O) groups excluding carboxylic acids is 2. The predicted octanol–water partition coefficient (Wildman–Crippen LogP) is 1.75. The number of carbonyl (C=O) groups is 2. The molecular formula is C16H23NO5. The minimum atomic E-state index is -0.887. The van der Waals surface area contributed by atoms with Crippen LogP contribution in [-0.4, -0.2) is 43.3 Å². The van der Waals surface area contributed by atoms with Gasteiger partial charge in [0.1, 0.15) is 5.75 Å². The molecular weight excluding hydrogens is 286 g/mol. The Labute approximate surface area is 130 Å². The van der Waals surface area contributed by atoms with E-state index >= 15 is 0 Å². The molecule has 0 aliphatic rings. The van der Waals surface area contributed by atoms with Gasteiger partial charge in [-0.25, -0.2) is 4.79 Å². The van der Waals surface area contributed by atoms with Gasteiger partial charge in [0, 0.05) is 18.3 Å². The lowest BCUT2D eigenvalue weighted by atomic mass is 10.2. The van der Waals surface area contributed by atoms with E-state index < -0.39 is 18.0 Å². The summed E-state index contributed by atoms with van der Waals surface area (Å²) in [6, 6.07) is 6.90. The summed E-state index contributed by atoms with van der Waals surface area (Å²) >= 11 is 0. The van der Waals surface area contributed by atoms with Crippen LogP contribution in [0.15, 0.2) is 24.3 Å². The summed E-state index contributed by atoms with van der Waals surface area (Å²) in [4.78, 5) is 25.3. The zero-order valence-electron chi connectivity index (χ0n) is 13.2. The zero-order valence-corrected chi connectivity index (χ0v) is 13.2. The van der Waals surface area contributed by atoms with Crippen molar-refractivity contribution in [3.05, 3.63) is 24.3 Å². The van der Waals surface area contributed by atoms with Gasteiger partial charge in [0.15, 0.2) is 0 Å². The van der Waals surface area contributed by atoms with E-state index in [4.69, 9.17) is 9.47 Å². The van der Waals surface area contributed by atoms with Gasteiger partial charge >= 0.3 is 11.9 Å². The standard InChI is InChI=1S/C16H23NO5/c1-4-22-16(20)15(19)17(10-6-7-12(2)18)13-8-5-9-14(11-13)21-3/h5,8-9,11-12,18H,4,6-7,10H2,1-3H3. The molecule has 0 bridgehead atoms. The quantitative estimate of drug-likeness (QED) is 0.613. The second-order valence-electron chi connectivity index (χ2n) is 4.87. The third-order valence-electron chi connectivity index (χ3n) is 3.06. The number of hydrogen-bond acceptors (Lipinski definition) is 5. The van der Waals surface area contributed by atoms with Crippen LogP contribution in [0.2, 0.25) is 0 Å². The van der Waals surface area contributed by atoms with Crippen molar-refractivity contribution in [2.75, 3.05) is 25.2 Å². The molecule has 1 N–H and O–H groups in total. The minimum Gasteiger partial charge on any atom is -0.497 e. The first-order valence-electron chi connectivity index (χ1n) is 7.30. The lowest BCUT2D eigenvalue weighted by Gasteiger charge is -2.22. The number of amides is 1. The van der Waals surface area contributed by atoms with E-state index in [9.17, 15) is 14.7 Å². The molecule has 0 aliphatic heterocycles. The van der Waals surface area contributed by atoms with E-state index in [2.05, 4.69) is 0 Å². The number of ether oxygens (including phenoxy) is 2. The van der Waals surface area contributed by atoms with Gasteiger partial charge in [0.05, 0.1) is 19.8 Å². The fraction of sp³-hybridized carbons (Fsp3) is 0.500. The number of rotatable bonds is 7. The molecule has 0 radical (unpaired) electrons. The fourth-order valence-corrected chi connectivity index (χ4v) is 1.97. The highest BCUT2D eigenvalue weighted by Crippen LogP contribution is 2.22. The smallest absolute Gasteiger partial charge is 0.397 e. The molecule has 0 fully saturated rings. The van der Waals surface area contributed by atoms with Crippen molar-refractivity contribution >= 4 is 17.6 Å². The summed E-state index contributed by atoms with van der Waals surface area (Å²) < 4.78 is 9.92. The molecule has 22 heavy (non-hydrogen) atoms. The Bertz CT molecular complexity index is 501. The molecule has 0 aromatic heterocycles. The molecule has 1 aromatic carbocycles. The maximum Gasteiger partial charge on any atom is 0.397 e. The maximum atomic E-state index is 12.3. The van der Waals surface area contributed by atoms with Crippen LogP contribution in [0.1, 0.15) is 26.7 Å². The average Bonchev–Trinajstić information content (AvgIpc) is 2.51. The van der Waals surface area contributed by atoms with Gasteiger partial charge in [-0.05, 0) is 38.8 Å². The molecule has 6 heteroatoms. The molecule has 0 heterocycles. The Morgan fingerprint density at radius 3 is 2.68 bits per heavy atom. The number of benzene rings is 1. The van der Waals surface area contributed by atoms with Crippen LogP contribution in [0.5, 0.6) is 5.75 Å². The summed E-state index contributed by atoms with van der Waals surface area (Å²) in [7, 11) is 1.53. The van der Waals surface area contributed by atoms with Crippen LogP contribution >= 0.6 is 0 Å². The van der Waals surface area contributed by atoms with E-state index in [0.29, 0.717) is 30.8 Å². The van der Waals surface area contributed by atoms with Crippen LogP contribution in [-0.2, 0) is 14.3 Å². The highest BCUT2D eigenvalue weighted by atomic mass is 16.5. The first kappa shape index (κ1) is 18.0. The molecule has 1 unspecified atom stereocenters. The molecule has 122 valence electrons. The lowest BCUT2D eigenvalue weighted by molar-refractivity contribution is -0.153. The molecule has 0 saturated carbocycles. The largest absolute Gasteiger partial charge is 0.497 e. The molecule has 1 rings (SSSR count). The third-order valence-corrected chi connectivity index (χ3v) is 3.06. The Balaban J connectivity index is 2.93. The summed E-state index contributed by atoms with van der Waals surface area (Å²) in [5, 5.41) is 9.33. The van der Waals surface area contributed by atoms with Gasteiger partial charge in [-0.3, -0.25) is 4.79 Å². The minimum absolute atomic E-state index is 0.143. The van der Waals surface area contributed by atoms with Gasteiger partial charge in [-0.15, -0.1) is 0 Å². The SMILES string of the molecule is CCOC(=O)C(=O)N(CCCC(C)O)c1cccc(OC)c1. The zero-order chi connectivity index (χ0) is 16.5. The number of aliphatic hydroxyl groups is 1. The van der Waals surface area contributed by atoms with Gasteiger partial charge in [-0.1, -0.05) is 6.07 Å². The number of esters is 1.